The molecule has 0 fully saturated rings. The lowest BCUT2D eigenvalue weighted by molar-refractivity contribution is 0.628. The lowest BCUT2D eigenvalue weighted by atomic mass is 10.3. The zero-order valence-corrected chi connectivity index (χ0v) is 8.87. The molecule has 0 bridgehead atoms. The van der Waals surface area contributed by atoms with Crippen LogP contribution in [0.3, 0.4) is 0 Å². The van der Waals surface area contributed by atoms with E-state index in [1.54, 1.807) is 0 Å². The van der Waals surface area contributed by atoms with Crippen molar-refractivity contribution in [1.29, 1.82) is 0 Å². The maximum atomic E-state index is 12.8. The van der Waals surface area contributed by atoms with Crippen molar-refractivity contribution in [2.24, 2.45) is 0 Å². The van der Waals surface area contributed by atoms with E-state index in [4.69, 9.17) is 17.3 Å². The minimum absolute atomic E-state index is 0.268. The maximum Gasteiger partial charge on any atom is 0.151 e. The Morgan fingerprint density at radius 1 is 1.31 bits per heavy atom. The largest absolute Gasteiger partial charge is 0.382 e. The summed E-state index contributed by atoms with van der Waals surface area (Å²) in [6.45, 7) is 0. The predicted octanol–water partition coefficient (Wildman–Crippen LogP) is 2.59. The van der Waals surface area contributed by atoms with Gasteiger partial charge < -0.3 is 11.1 Å². The van der Waals surface area contributed by atoms with Crippen LogP contribution in [0.2, 0.25) is 5.02 Å². The third-order valence-corrected chi connectivity index (χ3v) is 2.16. The molecule has 0 spiro atoms. The highest BCUT2D eigenvalue weighted by Crippen LogP contribution is 2.25. The molecule has 16 heavy (non-hydrogen) atoms. The highest BCUT2D eigenvalue weighted by Gasteiger charge is 2.03. The van der Waals surface area contributed by atoms with Gasteiger partial charge in [-0.3, -0.25) is 4.98 Å². The fourth-order valence-corrected chi connectivity index (χ4v) is 1.38. The molecule has 0 aliphatic carbocycles. The van der Waals surface area contributed by atoms with Crippen molar-refractivity contribution in [2.45, 2.75) is 0 Å². The van der Waals surface area contributed by atoms with Crippen molar-refractivity contribution in [3.63, 3.8) is 0 Å². The molecule has 0 atom stereocenters. The van der Waals surface area contributed by atoms with Gasteiger partial charge in [0.15, 0.2) is 5.82 Å². The first kappa shape index (κ1) is 10.6. The Kier molecular flexibility index (Phi) is 2.87. The molecule has 0 amide bonds. The molecule has 82 valence electrons. The average molecular weight is 239 g/mol. The molecule has 1 aromatic carbocycles. The van der Waals surface area contributed by atoms with Gasteiger partial charge >= 0.3 is 0 Å². The van der Waals surface area contributed by atoms with Crippen LogP contribution in [0, 0.1) is 5.82 Å². The summed E-state index contributed by atoms with van der Waals surface area (Å²) >= 11 is 5.84. The topological polar surface area (TPSA) is 63.8 Å². The van der Waals surface area contributed by atoms with Crippen LogP contribution in [-0.2, 0) is 0 Å². The summed E-state index contributed by atoms with van der Waals surface area (Å²) in [5, 5.41) is 3.16. The molecule has 4 nitrogen and oxygen atoms in total. The number of halogens is 2. The first-order valence-corrected chi connectivity index (χ1v) is 4.82. The van der Waals surface area contributed by atoms with Gasteiger partial charge in [-0.2, -0.15) is 0 Å². The van der Waals surface area contributed by atoms with Gasteiger partial charge in [0.05, 0.1) is 23.1 Å². The van der Waals surface area contributed by atoms with Gasteiger partial charge in [0, 0.05) is 0 Å². The Morgan fingerprint density at radius 2 is 2.12 bits per heavy atom. The summed E-state index contributed by atoms with van der Waals surface area (Å²) in [6.07, 6.45) is 2.92. The Hall–Kier alpha value is -1.88. The zero-order valence-electron chi connectivity index (χ0n) is 8.11. The number of nitrogens with two attached hydrogens (primary N) is 1. The maximum absolute atomic E-state index is 12.8. The first-order chi connectivity index (χ1) is 7.65. The highest BCUT2D eigenvalue weighted by molar-refractivity contribution is 6.33. The van der Waals surface area contributed by atoms with E-state index in [2.05, 4.69) is 15.3 Å². The third kappa shape index (κ3) is 2.38. The standard InChI is InChI=1S/C10H8ClFN4/c11-7-3-6(12)1-2-8(7)15-10-5-14-4-9(13)16-10/h1-5H,(H3,13,15,16). The third-order valence-electron chi connectivity index (χ3n) is 1.85. The second-order valence-electron chi connectivity index (χ2n) is 3.08. The van der Waals surface area contributed by atoms with E-state index in [-0.39, 0.29) is 5.02 Å². The molecule has 0 aliphatic heterocycles. The van der Waals surface area contributed by atoms with Crippen LogP contribution in [-0.4, -0.2) is 9.97 Å². The number of hydrogen-bond donors (Lipinski definition) is 2. The normalized spacial score (nSPS) is 10.1. The Morgan fingerprint density at radius 3 is 2.81 bits per heavy atom. The Labute approximate surface area is 96.3 Å². The van der Waals surface area contributed by atoms with Crippen molar-refractivity contribution in [1.82, 2.24) is 9.97 Å². The molecule has 2 rings (SSSR count). The van der Waals surface area contributed by atoms with Crippen molar-refractivity contribution in [2.75, 3.05) is 11.1 Å². The van der Waals surface area contributed by atoms with Crippen LogP contribution in [0.4, 0.5) is 21.7 Å². The zero-order chi connectivity index (χ0) is 11.5. The quantitative estimate of drug-likeness (QED) is 0.844. The predicted molar refractivity (Wildman–Crippen MR) is 61.1 cm³/mol. The van der Waals surface area contributed by atoms with Crippen LogP contribution < -0.4 is 11.1 Å². The second kappa shape index (κ2) is 4.32. The number of aromatic nitrogens is 2. The minimum Gasteiger partial charge on any atom is -0.382 e. The van der Waals surface area contributed by atoms with Gasteiger partial charge in [-0.05, 0) is 18.2 Å². The SMILES string of the molecule is Nc1cncc(Nc2ccc(F)cc2Cl)n1. The molecular weight excluding hydrogens is 231 g/mol. The number of rotatable bonds is 2. The second-order valence-corrected chi connectivity index (χ2v) is 3.49. The summed E-state index contributed by atoms with van der Waals surface area (Å²) in [5.74, 6) is 0.353. The summed E-state index contributed by atoms with van der Waals surface area (Å²) in [5.41, 5.74) is 6.01. The Bertz CT molecular complexity index is 518. The molecular formula is C10H8ClFN4. The summed E-state index contributed by atoms with van der Waals surface area (Å²) in [4.78, 5) is 7.84. The van der Waals surface area contributed by atoms with Gasteiger partial charge in [-0.15, -0.1) is 0 Å². The van der Waals surface area contributed by atoms with Crippen LogP contribution in [0.1, 0.15) is 0 Å². The van der Waals surface area contributed by atoms with Gasteiger partial charge in [0.1, 0.15) is 11.6 Å². The van der Waals surface area contributed by atoms with Crippen molar-refractivity contribution < 1.29 is 4.39 Å². The van der Waals surface area contributed by atoms with Gasteiger partial charge in [0.2, 0.25) is 0 Å². The van der Waals surface area contributed by atoms with E-state index in [0.29, 0.717) is 17.3 Å². The minimum atomic E-state index is -0.394. The fraction of sp³-hybridized carbons (Fsp3) is 0. The van der Waals surface area contributed by atoms with Crippen LogP contribution in [0.25, 0.3) is 0 Å². The fourth-order valence-electron chi connectivity index (χ4n) is 1.17. The van der Waals surface area contributed by atoms with Crippen LogP contribution in [0.15, 0.2) is 30.6 Å². The number of hydrogen-bond acceptors (Lipinski definition) is 4. The first-order valence-electron chi connectivity index (χ1n) is 4.45. The average Bonchev–Trinajstić information content (AvgIpc) is 2.22. The summed E-state index contributed by atoms with van der Waals surface area (Å²) in [6, 6.07) is 4.03. The van der Waals surface area contributed by atoms with Crippen molar-refractivity contribution >= 4 is 28.9 Å². The van der Waals surface area contributed by atoms with Gasteiger partial charge in [0.25, 0.3) is 0 Å². The van der Waals surface area contributed by atoms with Gasteiger partial charge in [-0.1, -0.05) is 11.6 Å². The number of nitrogen functional groups attached to an aromatic ring is 1. The van der Waals surface area contributed by atoms with E-state index in [0.717, 1.165) is 0 Å². The van der Waals surface area contributed by atoms with Crippen molar-refractivity contribution in [3.8, 4) is 0 Å². The summed E-state index contributed by atoms with van der Waals surface area (Å²) < 4.78 is 12.8. The number of nitrogens with zero attached hydrogens (tertiary/aromatic N) is 2. The van der Waals surface area contributed by atoms with E-state index >= 15 is 0 Å². The van der Waals surface area contributed by atoms with E-state index in [1.165, 1.54) is 30.6 Å². The van der Waals surface area contributed by atoms with E-state index in [9.17, 15) is 4.39 Å². The monoisotopic (exact) mass is 238 g/mol. The molecule has 1 heterocycles. The molecule has 0 saturated heterocycles. The number of anilines is 3. The molecule has 6 heteroatoms. The number of benzene rings is 1. The highest BCUT2D eigenvalue weighted by atomic mass is 35.5. The number of nitrogens with one attached hydrogen (secondary N) is 1. The molecule has 0 aliphatic rings. The van der Waals surface area contributed by atoms with Gasteiger partial charge in [-0.25, -0.2) is 9.37 Å². The lowest BCUT2D eigenvalue weighted by Gasteiger charge is -2.07. The molecule has 0 saturated carbocycles. The summed E-state index contributed by atoms with van der Waals surface area (Å²) in [7, 11) is 0. The smallest absolute Gasteiger partial charge is 0.151 e. The Balaban J connectivity index is 2.27. The van der Waals surface area contributed by atoms with E-state index in [1.807, 2.05) is 0 Å². The van der Waals surface area contributed by atoms with Crippen LogP contribution >= 0.6 is 11.6 Å². The van der Waals surface area contributed by atoms with E-state index < -0.39 is 5.82 Å². The molecule has 2 aromatic rings. The molecule has 1 aromatic heterocycles. The van der Waals surface area contributed by atoms with Crippen LogP contribution in [0.5, 0.6) is 0 Å². The van der Waals surface area contributed by atoms with Crippen molar-refractivity contribution in [3.05, 3.63) is 41.4 Å². The molecule has 3 N–H and O–H groups in total. The molecule has 0 unspecified atom stereocenters. The lowest BCUT2D eigenvalue weighted by Crippen LogP contribution is -1.98. The molecule has 0 radical (unpaired) electrons.